The van der Waals surface area contributed by atoms with Gasteiger partial charge in [0, 0.05) is 18.1 Å². The van der Waals surface area contributed by atoms with Gasteiger partial charge in [0.05, 0.1) is 0 Å². The van der Waals surface area contributed by atoms with E-state index in [-0.39, 0.29) is 5.54 Å². The molecule has 0 aromatic rings. The number of hydrogen-bond acceptors (Lipinski definition) is 2. The lowest BCUT2D eigenvalue weighted by molar-refractivity contribution is 0.00133. The number of likely N-dealkylation sites (N-methyl/N-ethyl adjacent to an activating group) is 1. The fourth-order valence-electron chi connectivity index (χ4n) is 4.08. The van der Waals surface area contributed by atoms with Crippen LogP contribution in [-0.2, 0) is 0 Å². The largest absolute Gasteiger partial charge is 0.329 e. The van der Waals surface area contributed by atoms with Crippen molar-refractivity contribution in [2.45, 2.75) is 85.2 Å². The summed E-state index contributed by atoms with van der Waals surface area (Å²) in [5, 5.41) is 0. The van der Waals surface area contributed by atoms with Gasteiger partial charge in [-0.1, -0.05) is 34.1 Å². The molecule has 0 unspecified atom stereocenters. The van der Waals surface area contributed by atoms with Crippen molar-refractivity contribution in [2.75, 3.05) is 13.1 Å². The first-order chi connectivity index (χ1) is 8.83. The molecule has 0 radical (unpaired) electrons. The van der Waals surface area contributed by atoms with Crippen molar-refractivity contribution in [3.05, 3.63) is 0 Å². The predicted molar refractivity (Wildman–Crippen MR) is 85.3 cm³/mol. The number of nitrogens with two attached hydrogens (primary N) is 1. The van der Waals surface area contributed by atoms with E-state index in [1.165, 1.54) is 32.1 Å². The van der Waals surface area contributed by atoms with Crippen LogP contribution in [0.5, 0.6) is 0 Å². The molecule has 19 heavy (non-hydrogen) atoms. The van der Waals surface area contributed by atoms with Gasteiger partial charge >= 0.3 is 0 Å². The smallest absolute Gasteiger partial charge is 0.0334 e. The van der Waals surface area contributed by atoms with E-state index in [1.54, 1.807) is 0 Å². The SMILES string of the molecule is CCN(C(C)C)C1(CN)CCC(C(C)(C)CC)CC1. The molecule has 2 heteroatoms. The van der Waals surface area contributed by atoms with E-state index in [0.29, 0.717) is 11.5 Å². The fourth-order valence-corrected chi connectivity index (χ4v) is 4.08. The van der Waals surface area contributed by atoms with Gasteiger partial charge in [-0.25, -0.2) is 0 Å². The fraction of sp³-hybridized carbons (Fsp3) is 1.00. The van der Waals surface area contributed by atoms with Crippen molar-refractivity contribution in [2.24, 2.45) is 17.1 Å². The third-order valence-electron chi connectivity index (χ3n) is 5.89. The summed E-state index contributed by atoms with van der Waals surface area (Å²) in [5.41, 5.74) is 6.96. The molecule has 0 bridgehead atoms. The van der Waals surface area contributed by atoms with E-state index >= 15 is 0 Å². The zero-order valence-electron chi connectivity index (χ0n) is 14.1. The molecule has 0 aliphatic heterocycles. The maximum atomic E-state index is 6.20. The third-order valence-corrected chi connectivity index (χ3v) is 5.89. The van der Waals surface area contributed by atoms with Gasteiger partial charge in [0.25, 0.3) is 0 Å². The molecular weight excluding hydrogens is 232 g/mol. The summed E-state index contributed by atoms with van der Waals surface area (Å²) in [6.45, 7) is 16.0. The van der Waals surface area contributed by atoms with Crippen LogP contribution in [0.25, 0.3) is 0 Å². The second-order valence-corrected chi connectivity index (χ2v) is 7.42. The van der Waals surface area contributed by atoms with Gasteiger partial charge in [-0.3, -0.25) is 4.90 Å². The van der Waals surface area contributed by atoms with Crippen LogP contribution in [-0.4, -0.2) is 29.6 Å². The highest BCUT2D eigenvalue weighted by atomic mass is 15.2. The molecule has 0 spiro atoms. The molecule has 0 atom stereocenters. The van der Waals surface area contributed by atoms with Crippen LogP contribution in [0, 0.1) is 11.3 Å². The monoisotopic (exact) mass is 268 g/mol. The zero-order chi connectivity index (χ0) is 14.7. The zero-order valence-corrected chi connectivity index (χ0v) is 14.1. The molecule has 0 saturated heterocycles. The Labute approximate surface area is 121 Å². The van der Waals surface area contributed by atoms with Crippen molar-refractivity contribution in [1.29, 1.82) is 0 Å². The maximum absolute atomic E-state index is 6.20. The van der Waals surface area contributed by atoms with Gasteiger partial charge in [-0.2, -0.15) is 0 Å². The Morgan fingerprint density at radius 2 is 1.74 bits per heavy atom. The molecular formula is C17H36N2. The Morgan fingerprint density at radius 3 is 2.05 bits per heavy atom. The Bertz CT molecular complexity index is 262. The standard InChI is InChI=1S/C17H36N2/c1-7-16(5,6)15-9-11-17(13-18,12-10-15)19(8-2)14(3)4/h14-15H,7-13,18H2,1-6H3. The molecule has 2 N–H and O–H groups in total. The summed E-state index contributed by atoms with van der Waals surface area (Å²) < 4.78 is 0. The van der Waals surface area contributed by atoms with Crippen molar-refractivity contribution >= 4 is 0 Å². The van der Waals surface area contributed by atoms with Crippen LogP contribution in [0.2, 0.25) is 0 Å². The average Bonchev–Trinajstić information content (AvgIpc) is 2.39. The first-order valence-corrected chi connectivity index (χ1v) is 8.29. The maximum Gasteiger partial charge on any atom is 0.0334 e. The molecule has 1 rings (SSSR count). The minimum atomic E-state index is 0.267. The number of hydrogen-bond donors (Lipinski definition) is 1. The van der Waals surface area contributed by atoms with Crippen LogP contribution in [0.4, 0.5) is 0 Å². The highest BCUT2D eigenvalue weighted by Crippen LogP contribution is 2.45. The molecule has 1 aliphatic rings. The lowest BCUT2D eigenvalue weighted by atomic mass is 9.65. The van der Waals surface area contributed by atoms with E-state index < -0.39 is 0 Å². The minimum absolute atomic E-state index is 0.267. The van der Waals surface area contributed by atoms with Crippen molar-refractivity contribution < 1.29 is 0 Å². The molecule has 1 saturated carbocycles. The highest BCUT2D eigenvalue weighted by molar-refractivity contribution is 4.98. The second kappa shape index (κ2) is 6.58. The molecule has 2 nitrogen and oxygen atoms in total. The molecule has 114 valence electrons. The van der Waals surface area contributed by atoms with Crippen LogP contribution in [0.1, 0.15) is 73.6 Å². The van der Waals surface area contributed by atoms with E-state index in [2.05, 4.69) is 46.4 Å². The van der Waals surface area contributed by atoms with Gasteiger partial charge in [0.1, 0.15) is 0 Å². The van der Waals surface area contributed by atoms with Gasteiger partial charge in [0.2, 0.25) is 0 Å². The van der Waals surface area contributed by atoms with E-state index in [4.69, 9.17) is 5.73 Å². The number of nitrogens with zero attached hydrogens (tertiary/aromatic N) is 1. The number of rotatable bonds is 6. The van der Waals surface area contributed by atoms with Crippen molar-refractivity contribution in [1.82, 2.24) is 4.90 Å². The summed E-state index contributed by atoms with van der Waals surface area (Å²) in [6, 6.07) is 0.601. The Balaban J connectivity index is 2.77. The van der Waals surface area contributed by atoms with E-state index in [0.717, 1.165) is 19.0 Å². The summed E-state index contributed by atoms with van der Waals surface area (Å²) in [6.07, 6.45) is 6.55. The summed E-state index contributed by atoms with van der Waals surface area (Å²) in [7, 11) is 0. The molecule has 1 fully saturated rings. The van der Waals surface area contributed by atoms with Gasteiger partial charge < -0.3 is 5.73 Å². The van der Waals surface area contributed by atoms with Crippen LogP contribution in [0.15, 0.2) is 0 Å². The Hall–Kier alpha value is -0.0800. The summed E-state index contributed by atoms with van der Waals surface area (Å²) >= 11 is 0. The predicted octanol–water partition coefficient (Wildman–Crippen LogP) is 4.04. The second-order valence-electron chi connectivity index (χ2n) is 7.42. The van der Waals surface area contributed by atoms with Gasteiger partial charge in [0.15, 0.2) is 0 Å². The average molecular weight is 268 g/mol. The Kier molecular flexibility index (Phi) is 5.88. The van der Waals surface area contributed by atoms with Gasteiger partial charge in [-0.05, 0) is 57.4 Å². The lowest BCUT2D eigenvalue weighted by Gasteiger charge is -2.51. The molecule has 0 heterocycles. The summed E-state index contributed by atoms with van der Waals surface area (Å²) in [5.74, 6) is 0.878. The van der Waals surface area contributed by atoms with Crippen LogP contribution < -0.4 is 5.73 Å². The van der Waals surface area contributed by atoms with E-state index in [1.807, 2.05) is 0 Å². The highest BCUT2D eigenvalue weighted by Gasteiger charge is 2.42. The van der Waals surface area contributed by atoms with E-state index in [9.17, 15) is 0 Å². The summed E-state index contributed by atoms with van der Waals surface area (Å²) in [4.78, 5) is 2.64. The van der Waals surface area contributed by atoms with Gasteiger partial charge in [-0.15, -0.1) is 0 Å². The molecule has 0 aromatic heterocycles. The first kappa shape index (κ1) is 17.0. The topological polar surface area (TPSA) is 29.3 Å². The molecule has 1 aliphatic carbocycles. The van der Waals surface area contributed by atoms with Crippen molar-refractivity contribution in [3.8, 4) is 0 Å². The quantitative estimate of drug-likeness (QED) is 0.787. The minimum Gasteiger partial charge on any atom is -0.329 e. The third kappa shape index (κ3) is 3.52. The Morgan fingerprint density at radius 1 is 1.21 bits per heavy atom. The lowest BCUT2D eigenvalue weighted by Crippen LogP contribution is -2.58. The first-order valence-electron chi connectivity index (χ1n) is 8.29. The molecule has 0 aromatic carbocycles. The normalized spacial score (nSPS) is 29.2. The molecule has 0 amide bonds. The van der Waals surface area contributed by atoms with Crippen LogP contribution in [0.3, 0.4) is 0 Å². The van der Waals surface area contributed by atoms with Crippen LogP contribution >= 0.6 is 0 Å². The van der Waals surface area contributed by atoms with Crippen molar-refractivity contribution in [3.63, 3.8) is 0 Å².